The summed E-state index contributed by atoms with van der Waals surface area (Å²) in [6, 6.07) is 8.47. The van der Waals surface area contributed by atoms with Crippen LogP contribution in [0.25, 0.3) is 0 Å². The molecule has 1 N–H and O–H groups in total. The Labute approximate surface area is 156 Å². The molecule has 3 rings (SSSR count). The Morgan fingerprint density at radius 1 is 1.04 bits per heavy atom. The van der Waals surface area contributed by atoms with Gasteiger partial charge in [0.05, 0.1) is 6.54 Å². The Morgan fingerprint density at radius 3 is 2.28 bits per heavy atom. The molecule has 1 saturated heterocycles. The normalized spacial score (nSPS) is 25.7. The second-order valence-corrected chi connectivity index (χ2v) is 8.14. The van der Waals surface area contributed by atoms with Crippen LogP contribution in [0.15, 0.2) is 24.3 Å². The van der Waals surface area contributed by atoms with Crippen molar-refractivity contribution < 1.29 is 4.79 Å². The number of nitrogens with zero attached hydrogens (tertiary/aromatic N) is 2. The number of benzene rings is 1. The molecule has 0 radical (unpaired) electrons. The SMILES string of the molecule is CC1CCC(NC(=O)CN2CCN(Cc3ccc(Cl)cc3)CC2)CC1. The van der Waals surface area contributed by atoms with Crippen molar-refractivity contribution in [2.24, 2.45) is 5.92 Å². The topological polar surface area (TPSA) is 35.6 Å². The number of piperazine rings is 1. The van der Waals surface area contributed by atoms with Crippen LogP contribution in [0.5, 0.6) is 0 Å². The minimum atomic E-state index is 0.200. The number of carbonyl (C=O) groups is 1. The average Bonchev–Trinajstić information content (AvgIpc) is 2.61. The van der Waals surface area contributed by atoms with Gasteiger partial charge in [-0.3, -0.25) is 14.6 Å². The highest BCUT2D eigenvalue weighted by molar-refractivity contribution is 6.30. The number of amides is 1. The number of nitrogens with one attached hydrogen (secondary N) is 1. The number of hydrogen-bond acceptors (Lipinski definition) is 3. The van der Waals surface area contributed by atoms with E-state index in [4.69, 9.17) is 11.6 Å². The van der Waals surface area contributed by atoms with Gasteiger partial charge in [0.1, 0.15) is 0 Å². The first kappa shape index (κ1) is 18.7. The largest absolute Gasteiger partial charge is 0.352 e. The van der Waals surface area contributed by atoms with Crippen molar-refractivity contribution in [1.29, 1.82) is 0 Å². The number of halogens is 1. The first-order valence-electron chi connectivity index (χ1n) is 9.57. The number of rotatable bonds is 5. The highest BCUT2D eigenvalue weighted by Gasteiger charge is 2.22. The van der Waals surface area contributed by atoms with Crippen LogP contribution in [-0.2, 0) is 11.3 Å². The van der Waals surface area contributed by atoms with E-state index >= 15 is 0 Å². The molecule has 1 aromatic rings. The molecule has 2 aliphatic rings. The molecular formula is C20H30ClN3O. The third-order valence-corrected chi connectivity index (χ3v) is 5.78. The van der Waals surface area contributed by atoms with Crippen LogP contribution in [0, 0.1) is 5.92 Å². The number of hydrogen-bond donors (Lipinski definition) is 1. The van der Waals surface area contributed by atoms with E-state index in [1.165, 1.54) is 18.4 Å². The van der Waals surface area contributed by atoms with E-state index in [0.29, 0.717) is 12.6 Å². The second-order valence-electron chi connectivity index (χ2n) is 7.70. The molecule has 1 aromatic carbocycles. The minimum Gasteiger partial charge on any atom is -0.352 e. The Hall–Kier alpha value is -1.10. The van der Waals surface area contributed by atoms with Gasteiger partial charge in [-0.2, -0.15) is 0 Å². The van der Waals surface area contributed by atoms with Crippen LogP contribution in [-0.4, -0.2) is 54.5 Å². The van der Waals surface area contributed by atoms with Gasteiger partial charge in [0, 0.05) is 43.8 Å². The smallest absolute Gasteiger partial charge is 0.234 e. The average molecular weight is 364 g/mol. The zero-order chi connectivity index (χ0) is 17.6. The fourth-order valence-electron chi connectivity index (χ4n) is 3.83. The monoisotopic (exact) mass is 363 g/mol. The molecule has 1 amide bonds. The minimum absolute atomic E-state index is 0.200. The fraction of sp³-hybridized carbons (Fsp3) is 0.650. The summed E-state index contributed by atoms with van der Waals surface area (Å²) in [5, 5.41) is 4.02. The fourth-order valence-corrected chi connectivity index (χ4v) is 3.96. The lowest BCUT2D eigenvalue weighted by Crippen LogP contribution is -2.50. The third-order valence-electron chi connectivity index (χ3n) is 5.53. The Bertz CT molecular complexity index is 547. The highest BCUT2D eigenvalue weighted by atomic mass is 35.5. The summed E-state index contributed by atoms with van der Waals surface area (Å²) < 4.78 is 0. The summed E-state index contributed by atoms with van der Waals surface area (Å²) in [5.41, 5.74) is 1.29. The molecule has 2 fully saturated rings. The predicted molar refractivity (Wildman–Crippen MR) is 103 cm³/mol. The van der Waals surface area contributed by atoms with Gasteiger partial charge in [-0.05, 0) is 49.3 Å². The van der Waals surface area contributed by atoms with Gasteiger partial charge in [-0.25, -0.2) is 0 Å². The van der Waals surface area contributed by atoms with E-state index in [1.807, 2.05) is 12.1 Å². The van der Waals surface area contributed by atoms with Gasteiger partial charge in [-0.15, -0.1) is 0 Å². The van der Waals surface area contributed by atoms with Gasteiger partial charge in [0.15, 0.2) is 0 Å². The van der Waals surface area contributed by atoms with Crippen LogP contribution in [0.1, 0.15) is 38.2 Å². The highest BCUT2D eigenvalue weighted by Crippen LogP contribution is 2.23. The van der Waals surface area contributed by atoms with Gasteiger partial charge >= 0.3 is 0 Å². The van der Waals surface area contributed by atoms with E-state index in [-0.39, 0.29) is 5.91 Å². The van der Waals surface area contributed by atoms with E-state index < -0.39 is 0 Å². The molecule has 0 bridgehead atoms. The maximum Gasteiger partial charge on any atom is 0.234 e. The van der Waals surface area contributed by atoms with E-state index in [9.17, 15) is 4.79 Å². The van der Waals surface area contributed by atoms with Crippen LogP contribution >= 0.6 is 11.6 Å². The third kappa shape index (κ3) is 5.98. The van der Waals surface area contributed by atoms with Crippen molar-refractivity contribution in [2.45, 2.75) is 45.2 Å². The van der Waals surface area contributed by atoms with E-state index in [0.717, 1.165) is 56.5 Å². The summed E-state index contributed by atoms with van der Waals surface area (Å²) in [7, 11) is 0. The lowest BCUT2D eigenvalue weighted by molar-refractivity contribution is -0.123. The predicted octanol–water partition coefficient (Wildman–Crippen LogP) is 3.15. The van der Waals surface area contributed by atoms with Gasteiger partial charge in [0.2, 0.25) is 5.91 Å². The molecule has 1 saturated carbocycles. The molecule has 1 heterocycles. The van der Waals surface area contributed by atoms with Crippen molar-refractivity contribution in [1.82, 2.24) is 15.1 Å². The van der Waals surface area contributed by atoms with Crippen LogP contribution in [0.4, 0.5) is 0 Å². The molecule has 138 valence electrons. The summed E-state index contributed by atoms with van der Waals surface area (Å²) in [5.74, 6) is 1.02. The molecule has 0 atom stereocenters. The summed E-state index contributed by atoms with van der Waals surface area (Å²) in [6.07, 6.45) is 4.77. The quantitative estimate of drug-likeness (QED) is 0.872. The summed E-state index contributed by atoms with van der Waals surface area (Å²) in [4.78, 5) is 17.0. The zero-order valence-electron chi connectivity index (χ0n) is 15.2. The van der Waals surface area contributed by atoms with Crippen molar-refractivity contribution in [3.8, 4) is 0 Å². The Morgan fingerprint density at radius 2 is 1.64 bits per heavy atom. The molecule has 4 nitrogen and oxygen atoms in total. The van der Waals surface area contributed by atoms with E-state index in [2.05, 4.69) is 34.2 Å². The summed E-state index contributed by atoms with van der Waals surface area (Å²) in [6.45, 7) is 7.75. The van der Waals surface area contributed by atoms with Crippen molar-refractivity contribution >= 4 is 17.5 Å². The second kappa shape index (κ2) is 9.02. The van der Waals surface area contributed by atoms with Gasteiger partial charge in [-0.1, -0.05) is 30.7 Å². The zero-order valence-corrected chi connectivity index (χ0v) is 16.0. The van der Waals surface area contributed by atoms with Gasteiger partial charge < -0.3 is 5.32 Å². The lowest BCUT2D eigenvalue weighted by atomic mass is 9.87. The number of carbonyl (C=O) groups excluding carboxylic acids is 1. The molecule has 1 aliphatic heterocycles. The van der Waals surface area contributed by atoms with E-state index in [1.54, 1.807) is 0 Å². The standard InChI is InChI=1S/C20H30ClN3O/c1-16-2-8-19(9-3-16)22-20(25)15-24-12-10-23(11-13-24)14-17-4-6-18(21)7-5-17/h4-7,16,19H,2-3,8-15H2,1H3,(H,22,25). The molecule has 1 aliphatic carbocycles. The molecule has 5 heteroatoms. The van der Waals surface area contributed by atoms with Crippen molar-refractivity contribution in [3.05, 3.63) is 34.9 Å². The first-order chi connectivity index (χ1) is 12.1. The summed E-state index contributed by atoms with van der Waals surface area (Å²) >= 11 is 5.94. The van der Waals surface area contributed by atoms with Crippen molar-refractivity contribution in [2.75, 3.05) is 32.7 Å². The maximum absolute atomic E-state index is 12.3. The maximum atomic E-state index is 12.3. The van der Waals surface area contributed by atoms with Crippen LogP contribution in [0.3, 0.4) is 0 Å². The Balaban J connectivity index is 1.36. The molecule has 0 unspecified atom stereocenters. The molecule has 25 heavy (non-hydrogen) atoms. The van der Waals surface area contributed by atoms with Gasteiger partial charge in [0.25, 0.3) is 0 Å². The molecular weight excluding hydrogens is 334 g/mol. The van der Waals surface area contributed by atoms with Crippen LogP contribution < -0.4 is 5.32 Å². The molecule has 0 aromatic heterocycles. The Kier molecular flexibility index (Phi) is 6.74. The van der Waals surface area contributed by atoms with Crippen molar-refractivity contribution in [3.63, 3.8) is 0 Å². The van der Waals surface area contributed by atoms with Crippen LogP contribution in [0.2, 0.25) is 5.02 Å². The molecule has 0 spiro atoms. The lowest BCUT2D eigenvalue weighted by Gasteiger charge is -2.35. The first-order valence-corrected chi connectivity index (χ1v) is 9.95.